The summed E-state index contributed by atoms with van der Waals surface area (Å²) in [5.41, 5.74) is 4.65. The first-order valence-corrected chi connectivity index (χ1v) is 12.8. The first-order valence-electron chi connectivity index (χ1n) is 12.8. The quantitative estimate of drug-likeness (QED) is 0.484. The fraction of sp³-hybridized carbons (Fsp3) is 0.857. The van der Waals surface area contributed by atoms with Gasteiger partial charge in [0, 0.05) is 0 Å². The van der Waals surface area contributed by atoms with Crippen molar-refractivity contribution in [2.75, 3.05) is 0 Å². The van der Waals surface area contributed by atoms with Gasteiger partial charge in [0.05, 0.1) is 6.10 Å². The molecule has 0 aliphatic heterocycles. The van der Waals surface area contributed by atoms with Gasteiger partial charge in [-0.2, -0.15) is 0 Å². The molecule has 0 aromatic rings. The molecule has 0 aromatic carbocycles. The summed E-state index contributed by atoms with van der Waals surface area (Å²) in [7, 11) is 0. The van der Waals surface area contributed by atoms with Crippen molar-refractivity contribution < 1.29 is 5.11 Å². The average molecular weight is 399 g/mol. The van der Waals surface area contributed by atoms with Crippen LogP contribution < -0.4 is 0 Å². The van der Waals surface area contributed by atoms with Gasteiger partial charge in [-0.1, -0.05) is 64.8 Å². The van der Waals surface area contributed by atoms with Crippen molar-refractivity contribution in [3.63, 3.8) is 0 Å². The number of rotatable bonds is 4. The van der Waals surface area contributed by atoms with E-state index in [0.717, 1.165) is 36.5 Å². The van der Waals surface area contributed by atoms with Crippen LogP contribution in [0, 0.1) is 46.3 Å². The smallest absolute Gasteiger partial charge is 0.0543 e. The van der Waals surface area contributed by atoms with Crippen LogP contribution in [-0.4, -0.2) is 11.2 Å². The van der Waals surface area contributed by atoms with E-state index in [1.165, 1.54) is 44.9 Å². The highest BCUT2D eigenvalue weighted by Gasteiger charge is 2.55. The van der Waals surface area contributed by atoms with Crippen LogP contribution in [0.1, 0.15) is 99.3 Å². The summed E-state index contributed by atoms with van der Waals surface area (Å²) in [6.07, 6.45) is 16.5. The maximum atomic E-state index is 10.2. The van der Waals surface area contributed by atoms with E-state index in [9.17, 15) is 5.11 Å². The van der Waals surface area contributed by atoms with Crippen molar-refractivity contribution in [3.05, 3.63) is 23.3 Å². The normalized spacial score (nSPS) is 44.6. The van der Waals surface area contributed by atoms with Gasteiger partial charge in [0.15, 0.2) is 0 Å². The molecule has 2 saturated carbocycles. The van der Waals surface area contributed by atoms with E-state index in [1.807, 2.05) is 11.1 Å². The monoisotopic (exact) mass is 398 g/mol. The highest BCUT2D eigenvalue weighted by molar-refractivity contribution is 5.34. The van der Waals surface area contributed by atoms with Gasteiger partial charge in [0.25, 0.3) is 0 Å². The SMILES string of the molecule is CC(C)[C@@H](C)C=C[C@@H](C)[C@H]1CC[C@H]2C3=C(CC[C@]12C)[C@@]1(C)CC[C@H](O)CC1CC3. The molecular formula is C28H46O. The molecule has 4 aliphatic carbocycles. The lowest BCUT2D eigenvalue weighted by molar-refractivity contribution is 0.0145. The van der Waals surface area contributed by atoms with Gasteiger partial charge >= 0.3 is 0 Å². The number of hydrogen-bond donors (Lipinski definition) is 1. The van der Waals surface area contributed by atoms with Gasteiger partial charge in [-0.05, 0) is 104 Å². The summed E-state index contributed by atoms with van der Waals surface area (Å²) >= 11 is 0. The molecule has 164 valence electrons. The number of aliphatic hydroxyl groups excluding tert-OH is 1. The fourth-order valence-corrected chi connectivity index (χ4v) is 8.05. The summed E-state index contributed by atoms with van der Waals surface area (Å²) in [4.78, 5) is 0. The van der Waals surface area contributed by atoms with Crippen molar-refractivity contribution in [3.8, 4) is 0 Å². The van der Waals surface area contributed by atoms with Crippen molar-refractivity contribution in [1.29, 1.82) is 0 Å². The lowest BCUT2D eigenvalue weighted by Gasteiger charge is -2.55. The van der Waals surface area contributed by atoms with Crippen LogP contribution in [0.2, 0.25) is 0 Å². The molecular weight excluding hydrogens is 352 g/mol. The molecule has 0 amide bonds. The Hall–Kier alpha value is -0.560. The Kier molecular flexibility index (Phi) is 5.86. The number of hydrogen-bond acceptors (Lipinski definition) is 1. The van der Waals surface area contributed by atoms with Crippen LogP contribution >= 0.6 is 0 Å². The van der Waals surface area contributed by atoms with E-state index < -0.39 is 0 Å². The molecule has 0 bridgehead atoms. The molecule has 29 heavy (non-hydrogen) atoms. The van der Waals surface area contributed by atoms with Gasteiger partial charge in [0.2, 0.25) is 0 Å². The van der Waals surface area contributed by atoms with Crippen LogP contribution in [0.15, 0.2) is 23.3 Å². The van der Waals surface area contributed by atoms with E-state index in [0.29, 0.717) is 22.7 Å². The third-order valence-corrected chi connectivity index (χ3v) is 10.4. The zero-order valence-electron chi connectivity index (χ0n) is 20.0. The lowest BCUT2D eigenvalue weighted by Crippen LogP contribution is -2.45. The molecule has 8 atom stereocenters. The molecule has 1 unspecified atom stereocenters. The molecule has 2 fully saturated rings. The first-order chi connectivity index (χ1) is 13.7. The molecule has 1 heteroatoms. The van der Waals surface area contributed by atoms with Crippen LogP contribution in [0.5, 0.6) is 0 Å². The molecule has 1 nitrogen and oxygen atoms in total. The Balaban J connectivity index is 1.56. The first kappa shape index (κ1) is 21.7. The topological polar surface area (TPSA) is 20.2 Å². The zero-order chi connectivity index (χ0) is 21.0. The van der Waals surface area contributed by atoms with Crippen LogP contribution in [0.3, 0.4) is 0 Å². The number of allylic oxidation sites excluding steroid dienone is 4. The summed E-state index contributed by atoms with van der Waals surface area (Å²) < 4.78 is 0. The zero-order valence-corrected chi connectivity index (χ0v) is 20.0. The molecule has 4 rings (SSSR count). The minimum Gasteiger partial charge on any atom is -0.393 e. The lowest BCUT2D eigenvalue weighted by atomic mass is 9.50. The minimum absolute atomic E-state index is 0.0409. The van der Waals surface area contributed by atoms with E-state index in [2.05, 4.69) is 53.7 Å². The molecule has 0 saturated heterocycles. The number of aliphatic hydroxyl groups is 1. The molecule has 4 aliphatic rings. The van der Waals surface area contributed by atoms with Crippen molar-refractivity contribution in [2.24, 2.45) is 46.3 Å². The summed E-state index contributed by atoms with van der Waals surface area (Å²) in [6, 6.07) is 0. The molecule has 1 N–H and O–H groups in total. The Labute approximate surface area is 180 Å². The van der Waals surface area contributed by atoms with E-state index >= 15 is 0 Å². The van der Waals surface area contributed by atoms with E-state index in [1.54, 1.807) is 0 Å². The van der Waals surface area contributed by atoms with Gasteiger partial charge in [0.1, 0.15) is 0 Å². The highest BCUT2D eigenvalue weighted by atomic mass is 16.3. The third kappa shape index (κ3) is 3.58. The van der Waals surface area contributed by atoms with Crippen LogP contribution in [-0.2, 0) is 0 Å². The summed E-state index contributed by atoms with van der Waals surface area (Å²) in [5, 5.41) is 10.2. The van der Waals surface area contributed by atoms with E-state index in [4.69, 9.17) is 0 Å². The Morgan fingerprint density at radius 2 is 1.69 bits per heavy atom. The average Bonchev–Trinajstić information content (AvgIpc) is 3.03. The molecule has 0 radical (unpaired) electrons. The summed E-state index contributed by atoms with van der Waals surface area (Å²) in [6.45, 7) is 14.7. The van der Waals surface area contributed by atoms with Crippen LogP contribution in [0.25, 0.3) is 0 Å². The van der Waals surface area contributed by atoms with Crippen LogP contribution in [0.4, 0.5) is 0 Å². The van der Waals surface area contributed by atoms with Gasteiger partial charge in [-0.3, -0.25) is 0 Å². The summed E-state index contributed by atoms with van der Waals surface area (Å²) in [5.74, 6) is 4.52. The Morgan fingerprint density at radius 3 is 2.41 bits per heavy atom. The Morgan fingerprint density at radius 1 is 0.931 bits per heavy atom. The predicted molar refractivity (Wildman–Crippen MR) is 124 cm³/mol. The highest BCUT2D eigenvalue weighted by Crippen LogP contribution is 2.65. The van der Waals surface area contributed by atoms with Gasteiger partial charge < -0.3 is 5.11 Å². The van der Waals surface area contributed by atoms with Crippen molar-refractivity contribution in [2.45, 2.75) is 105 Å². The van der Waals surface area contributed by atoms with Gasteiger partial charge in [-0.25, -0.2) is 0 Å². The Bertz CT molecular complexity index is 672. The number of fused-ring (bicyclic) bond motifs is 4. The van der Waals surface area contributed by atoms with Gasteiger partial charge in [-0.15, -0.1) is 0 Å². The predicted octanol–water partition coefficient (Wildman–Crippen LogP) is 7.55. The molecule has 0 aromatic heterocycles. The maximum absolute atomic E-state index is 10.2. The maximum Gasteiger partial charge on any atom is 0.0543 e. The minimum atomic E-state index is -0.0409. The molecule has 0 spiro atoms. The second-order valence-electron chi connectivity index (χ2n) is 12.2. The van der Waals surface area contributed by atoms with Crippen molar-refractivity contribution in [1.82, 2.24) is 0 Å². The largest absolute Gasteiger partial charge is 0.393 e. The van der Waals surface area contributed by atoms with E-state index in [-0.39, 0.29) is 6.10 Å². The standard InChI is InChI=1S/C28H46O/c1-18(2)19(3)7-8-20(4)24-11-12-25-23-10-9-21-17-22(29)13-15-27(21,5)26(23)14-16-28(24,25)6/h7-8,18-22,24-25,29H,9-17H2,1-6H3/t19-,20+,21?,22-,24+,25-,27-,28+/m0/s1. The fourth-order valence-electron chi connectivity index (χ4n) is 8.05. The third-order valence-electron chi connectivity index (χ3n) is 10.4. The van der Waals surface area contributed by atoms with Crippen molar-refractivity contribution >= 4 is 0 Å². The molecule has 0 heterocycles. The second kappa shape index (κ2) is 7.85. The second-order valence-corrected chi connectivity index (χ2v) is 12.2.